The molecule has 102 valence electrons. The van der Waals surface area contributed by atoms with Gasteiger partial charge in [-0.25, -0.2) is 9.18 Å². The van der Waals surface area contributed by atoms with Crippen molar-refractivity contribution in [2.45, 2.75) is 51.0 Å². The monoisotopic (exact) mass is 259 g/mol. The third kappa shape index (κ3) is 2.48. The van der Waals surface area contributed by atoms with Crippen LogP contribution in [0.1, 0.15) is 27.2 Å². The van der Waals surface area contributed by atoms with Gasteiger partial charge in [0, 0.05) is 6.42 Å². The van der Waals surface area contributed by atoms with Gasteiger partial charge in [0.15, 0.2) is 12.0 Å². The highest BCUT2D eigenvalue weighted by molar-refractivity contribution is 5.87. The molecule has 2 fully saturated rings. The van der Waals surface area contributed by atoms with Crippen LogP contribution < -0.4 is 0 Å². The minimum absolute atomic E-state index is 0.00307. The maximum absolute atomic E-state index is 13.8. The first kappa shape index (κ1) is 13.3. The van der Waals surface area contributed by atoms with Crippen molar-refractivity contribution >= 4 is 11.9 Å². The quantitative estimate of drug-likeness (QED) is 0.658. The maximum Gasteiger partial charge on any atom is 0.411 e. The Balaban J connectivity index is 2.16. The van der Waals surface area contributed by atoms with Crippen LogP contribution in [0.25, 0.3) is 0 Å². The lowest BCUT2D eigenvalue weighted by atomic mass is 9.92. The zero-order chi connectivity index (χ0) is 13.5. The van der Waals surface area contributed by atoms with E-state index in [0.29, 0.717) is 0 Å². The predicted molar refractivity (Wildman–Crippen MR) is 61.0 cm³/mol. The van der Waals surface area contributed by atoms with Crippen LogP contribution in [0, 0.1) is 0 Å². The molecule has 3 atom stereocenters. The summed E-state index contributed by atoms with van der Waals surface area (Å²) in [4.78, 5) is 24.8. The van der Waals surface area contributed by atoms with Crippen molar-refractivity contribution in [1.82, 2.24) is 4.90 Å². The van der Waals surface area contributed by atoms with Crippen molar-refractivity contribution in [3.05, 3.63) is 0 Å². The van der Waals surface area contributed by atoms with Gasteiger partial charge in [0.1, 0.15) is 5.60 Å². The summed E-state index contributed by atoms with van der Waals surface area (Å²) in [6, 6.07) is -1.25. The number of hydrogen-bond acceptors (Lipinski definition) is 4. The molecule has 0 aliphatic carbocycles. The second-order valence-corrected chi connectivity index (χ2v) is 5.72. The van der Waals surface area contributed by atoms with Crippen molar-refractivity contribution in [2.24, 2.45) is 0 Å². The van der Waals surface area contributed by atoms with E-state index in [-0.39, 0.29) is 19.6 Å². The summed E-state index contributed by atoms with van der Waals surface area (Å²) in [6.45, 7) is 5.55. The fraction of sp³-hybridized carbons (Fsp3) is 0.833. The fourth-order valence-corrected chi connectivity index (χ4v) is 2.30. The van der Waals surface area contributed by atoms with Crippen LogP contribution in [0.2, 0.25) is 0 Å². The third-order valence-corrected chi connectivity index (χ3v) is 3.04. The van der Waals surface area contributed by atoms with Gasteiger partial charge in [0.05, 0.1) is 25.3 Å². The number of nitrogens with zero attached hydrogens (tertiary/aromatic N) is 1. The lowest BCUT2D eigenvalue weighted by molar-refractivity contribution is -0.145. The number of rotatable bonds is 0. The first-order valence-corrected chi connectivity index (χ1v) is 6.05. The summed E-state index contributed by atoms with van der Waals surface area (Å²) < 4.78 is 24.3. The van der Waals surface area contributed by atoms with E-state index in [9.17, 15) is 14.0 Å². The number of fused-ring (bicyclic) bond motifs is 2. The molecule has 0 saturated carbocycles. The average Bonchev–Trinajstić information content (AvgIpc) is 2.23. The average molecular weight is 259 g/mol. The van der Waals surface area contributed by atoms with E-state index in [4.69, 9.17) is 9.47 Å². The topological polar surface area (TPSA) is 55.8 Å². The lowest BCUT2D eigenvalue weighted by Crippen LogP contribution is -2.64. The minimum atomic E-state index is -1.67. The van der Waals surface area contributed by atoms with E-state index in [2.05, 4.69) is 0 Å². The number of halogens is 1. The summed E-state index contributed by atoms with van der Waals surface area (Å²) in [5.74, 6) is -0.451. The van der Waals surface area contributed by atoms with E-state index in [1.807, 2.05) is 0 Å². The molecule has 0 radical (unpaired) electrons. The largest absolute Gasteiger partial charge is 0.444 e. The Hall–Kier alpha value is -1.17. The highest BCUT2D eigenvalue weighted by atomic mass is 19.1. The number of carbonyl (C=O) groups excluding carboxylic acids is 2. The lowest BCUT2D eigenvalue weighted by Gasteiger charge is -2.46. The van der Waals surface area contributed by atoms with Gasteiger partial charge in [-0.05, 0) is 20.8 Å². The van der Waals surface area contributed by atoms with Crippen LogP contribution in [0.5, 0.6) is 0 Å². The van der Waals surface area contributed by atoms with E-state index >= 15 is 0 Å². The molecule has 0 spiro atoms. The van der Waals surface area contributed by atoms with Crippen LogP contribution in [0.3, 0.4) is 0 Å². The van der Waals surface area contributed by atoms with E-state index < -0.39 is 35.7 Å². The zero-order valence-electron chi connectivity index (χ0n) is 10.8. The van der Waals surface area contributed by atoms with Crippen LogP contribution >= 0.6 is 0 Å². The Labute approximate surface area is 105 Å². The maximum atomic E-state index is 13.8. The zero-order valence-corrected chi connectivity index (χ0v) is 10.8. The number of carbonyl (C=O) groups is 2. The van der Waals surface area contributed by atoms with Gasteiger partial charge in [-0.3, -0.25) is 9.69 Å². The summed E-state index contributed by atoms with van der Waals surface area (Å²) >= 11 is 0. The molecule has 6 heteroatoms. The molecule has 0 aromatic carbocycles. The highest BCUT2D eigenvalue weighted by Gasteiger charge is 2.49. The molecule has 1 amide bonds. The van der Waals surface area contributed by atoms with Crippen LogP contribution in [-0.4, -0.2) is 53.8 Å². The Morgan fingerprint density at radius 1 is 1.44 bits per heavy atom. The van der Waals surface area contributed by atoms with Gasteiger partial charge in [-0.15, -0.1) is 0 Å². The number of piperidine rings is 1. The summed E-state index contributed by atoms with van der Waals surface area (Å²) in [6.07, 6.45) is -2.25. The molecule has 2 unspecified atom stereocenters. The Bertz CT molecular complexity index is 366. The van der Waals surface area contributed by atoms with Crippen LogP contribution in [-0.2, 0) is 14.3 Å². The number of Topliss-reactive ketones (excluding diaryl/α,β-unsaturated/α-hetero) is 1. The molecule has 5 nitrogen and oxygen atoms in total. The van der Waals surface area contributed by atoms with Gasteiger partial charge < -0.3 is 9.47 Å². The predicted octanol–water partition coefficient (Wildman–Crippen LogP) is 1.30. The molecule has 2 aliphatic rings. The number of hydrogen-bond donors (Lipinski definition) is 0. The molecule has 2 bridgehead atoms. The van der Waals surface area contributed by atoms with Crippen molar-refractivity contribution < 1.29 is 23.5 Å². The van der Waals surface area contributed by atoms with Gasteiger partial charge in [-0.2, -0.15) is 0 Å². The first-order chi connectivity index (χ1) is 8.29. The Morgan fingerprint density at radius 3 is 2.72 bits per heavy atom. The van der Waals surface area contributed by atoms with E-state index in [1.54, 1.807) is 20.8 Å². The number of ether oxygens (including phenoxy) is 2. The standard InChI is InChI=1S/C12H18FNO4/c1-12(2,3)18-11(16)14-7-4-9(15)10(13)8(14)6-17-5-7/h7-8,10H,4-6H2,1-3H3/t7?,8?,10-/m0/s1. The van der Waals surface area contributed by atoms with Crippen LogP contribution in [0.4, 0.5) is 9.18 Å². The molecule has 2 saturated heterocycles. The number of amides is 1. The third-order valence-electron chi connectivity index (χ3n) is 3.04. The number of ketones is 1. The molecule has 2 aliphatic heterocycles. The van der Waals surface area contributed by atoms with E-state index in [1.165, 1.54) is 4.90 Å². The Morgan fingerprint density at radius 2 is 2.11 bits per heavy atom. The number of alkyl halides is 1. The molecule has 0 N–H and O–H groups in total. The van der Waals surface area contributed by atoms with Gasteiger partial charge in [0.2, 0.25) is 0 Å². The Kier molecular flexibility index (Phi) is 3.31. The second kappa shape index (κ2) is 4.50. The van der Waals surface area contributed by atoms with Crippen molar-refractivity contribution in [3.8, 4) is 0 Å². The second-order valence-electron chi connectivity index (χ2n) is 5.72. The molecular weight excluding hydrogens is 241 g/mol. The molecule has 2 rings (SSSR count). The van der Waals surface area contributed by atoms with Gasteiger partial charge in [0.25, 0.3) is 0 Å². The molecule has 0 aromatic heterocycles. The molecule has 0 aromatic rings. The van der Waals surface area contributed by atoms with Crippen molar-refractivity contribution in [3.63, 3.8) is 0 Å². The summed E-state index contributed by atoms with van der Waals surface area (Å²) in [5.41, 5.74) is -0.639. The fourth-order valence-electron chi connectivity index (χ4n) is 2.30. The van der Waals surface area contributed by atoms with Crippen molar-refractivity contribution in [2.75, 3.05) is 13.2 Å². The van der Waals surface area contributed by atoms with Gasteiger partial charge >= 0.3 is 6.09 Å². The molecule has 18 heavy (non-hydrogen) atoms. The summed E-state index contributed by atoms with van der Waals surface area (Å²) in [7, 11) is 0. The smallest absolute Gasteiger partial charge is 0.411 e. The molecular formula is C12H18FNO4. The van der Waals surface area contributed by atoms with E-state index in [0.717, 1.165) is 0 Å². The molecule has 2 heterocycles. The number of morpholine rings is 1. The summed E-state index contributed by atoms with van der Waals surface area (Å²) in [5, 5.41) is 0. The highest BCUT2D eigenvalue weighted by Crippen LogP contribution is 2.29. The minimum Gasteiger partial charge on any atom is -0.444 e. The van der Waals surface area contributed by atoms with Gasteiger partial charge in [-0.1, -0.05) is 0 Å². The van der Waals surface area contributed by atoms with Crippen LogP contribution in [0.15, 0.2) is 0 Å². The SMILES string of the molecule is CC(C)(C)OC(=O)N1C2COCC1[C@H](F)C(=O)C2. The first-order valence-electron chi connectivity index (χ1n) is 6.05. The van der Waals surface area contributed by atoms with Crippen molar-refractivity contribution in [1.29, 1.82) is 0 Å². The normalized spacial score (nSPS) is 32.3.